The van der Waals surface area contributed by atoms with Crippen LogP contribution in [0.2, 0.25) is 0 Å². The first kappa shape index (κ1) is 16.4. The molecule has 0 saturated heterocycles. The van der Waals surface area contributed by atoms with Gasteiger partial charge in [0.05, 0.1) is 12.2 Å². The molecule has 4 rings (SSSR count). The summed E-state index contributed by atoms with van der Waals surface area (Å²) < 4.78 is 8.79. The van der Waals surface area contributed by atoms with Crippen LogP contribution in [0.1, 0.15) is 46.3 Å². The molecule has 0 radical (unpaired) electrons. The lowest BCUT2D eigenvalue weighted by Gasteiger charge is -2.30. The van der Waals surface area contributed by atoms with Crippen LogP contribution < -0.4 is 0 Å². The van der Waals surface area contributed by atoms with E-state index in [-0.39, 0.29) is 11.9 Å². The number of aryl methyl sites for hydroxylation is 2. The molecule has 25 heavy (non-hydrogen) atoms. The van der Waals surface area contributed by atoms with Crippen molar-refractivity contribution in [2.45, 2.75) is 32.2 Å². The van der Waals surface area contributed by atoms with E-state index >= 15 is 0 Å². The summed E-state index contributed by atoms with van der Waals surface area (Å²) in [5.74, 6) is 0.295. The van der Waals surface area contributed by atoms with Gasteiger partial charge in [-0.3, -0.25) is 9.48 Å². The Kier molecular flexibility index (Phi) is 3.95. The lowest BCUT2D eigenvalue weighted by atomic mass is 9.92. The number of nitrogens with zero attached hydrogens (tertiary/aromatic N) is 3. The highest BCUT2D eigenvalue weighted by atomic mass is 79.9. The number of benzene rings is 1. The number of rotatable bonds is 2. The minimum absolute atomic E-state index is 0.0472. The zero-order chi connectivity index (χ0) is 17.7. The van der Waals surface area contributed by atoms with E-state index in [0.29, 0.717) is 5.76 Å². The van der Waals surface area contributed by atoms with Crippen molar-refractivity contribution < 1.29 is 9.21 Å². The number of carbonyl (C=O) groups is 1. The van der Waals surface area contributed by atoms with Crippen LogP contribution in [-0.2, 0) is 13.5 Å². The molecule has 5 nitrogen and oxygen atoms in total. The van der Waals surface area contributed by atoms with E-state index in [1.54, 1.807) is 4.90 Å². The number of hydrogen-bond donors (Lipinski definition) is 0. The van der Waals surface area contributed by atoms with E-state index in [4.69, 9.17) is 4.42 Å². The fourth-order valence-electron chi connectivity index (χ4n) is 3.79. The maximum atomic E-state index is 13.0. The normalized spacial score (nSPS) is 16.9. The van der Waals surface area contributed by atoms with Crippen LogP contribution in [0.25, 0.3) is 11.0 Å². The van der Waals surface area contributed by atoms with E-state index in [1.165, 1.54) is 5.69 Å². The highest BCUT2D eigenvalue weighted by molar-refractivity contribution is 9.10. The minimum atomic E-state index is -0.0894. The van der Waals surface area contributed by atoms with Crippen LogP contribution >= 0.6 is 15.9 Å². The van der Waals surface area contributed by atoms with Crippen molar-refractivity contribution in [3.8, 4) is 0 Å². The van der Waals surface area contributed by atoms with Gasteiger partial charge in [0, 0.05) is 35.2 Å². The van der Waals surface area contributed by atoms with Gasteiger partial charge in [0.15, 0.2) is 5.76 Å². The predicted molar refractivity (Wildman–Crippen MR) is 99.6 cm³/mol. The summed E-state index contributed by atoms with van der Waals surface area (Å²) in [6, 6.07) is 5.85. The molecule has 0 bridgehead atoms. The third kappa shape index (κ3) is 2.68. The van der Waals surface area contributed by atoms with Gasteiger partial charge < -0.3 is 9.32 Å². The number of aromatic nitrogens is 2. The average molecular weight is 402 g/mol. The van der Waals surface area contributed by atoms with Crippen molar-refractivity contribution in [2.75, 3.05) is 7.05 Å². The molecule has 2 aromatic heterocycles. The number of hydrogen-bond acceptors (Lipinski definition) is 3. The first-order valence-electron chi connectivity index (χ1n) is 8.43. The molecule has 2 heterocycles. The smallest absolute Gasteiger partial charge is 0.289 e. The molecule has 0 fully saturated rings. The lowest BCUT2D eigenvalue weighted by molar-refractivity contribution is 0.0684. The van der Waals surface area contributed by atoms with Gasteiger partial charge >= 0.3 is 0 Å². The molecular weight excluding hydrogens is 382 g/mol. The fourth-order valence-corrected chi connectivity index (χ4v) is 4.38. The maximum absolute atomic E-state index is 13.0. The SMILES string of the molecule is Cc1cc(Br)cc2cc(C(=O)N(C)C3CCCc4c3cnn4C)oc12. The quantitative estimate of drug-likeness (QED) is 0.639. The standard InChI is InChI=1S/C19H20BrN3O2/c1-11-7-13(20)8-12-9-17(25-18(11)12)19(24)22(2)15-5-4-6-16-14(15)10-21-23(16)3/h7-10,15H,4-6H2,1-3H3. The van der Waals surface area contributed by atoms with Gasteiger partial charge in [0.2, 0.25) is 0 Å². The van der Waals surface area contributed by atoms with E-state index in [0.717, 1.165) is 45.8 Å². The van der Waals surface area contributed by atoms with Crippen molar-refractivity contribution in [3.63, 3.8) is 0 Å². The Morgan fingerprint density at radius 2 is 2.20 bits per heavy atom. The van der Waals surface area contributed by atoms with Gasteiger partial charge in [0.1, 0.15) is 5.58 Å². The van der Waals surface area contributed by atoms with Gasteiger partial charge in [-0.25, -0.2) is 0 Å². The molecule has 0 aliphatic heterocycles. The summed E-state index contributed by atoms with van der Waals surface area (Å²) in [7, 11) is 3.81. The monoisotopic (exact) mass is 401 g/mol. The minimum Gasteiger partial charge on any atom is -0.451 e. The zero-order valence-corrected chi connectivity index (χ0v) is 16.1. The van der Waals surface area contributed by atoms with Crippen molar-refractivity contribution in [3.05, 3.63) is 51.4 Å². The Morgan fingerprint density at radius 3 is 3.00 bits per heavy atom. The molecule has 6 heteroatoms. The summed E-state index contributed by atoms with van der Waals surface area (Å²) >= 11 is 3.50. The molecule has 130 valence electrons. The molecule has 1 unspecified atom stereocenters. The Hall–Kier alpha value is -2.08. The second-order valence-electron chi connectivity index (χ2n) is 6.75. The third-order valence-corrected chi connectivity index (χ3v) is 5.57. The number of fused-ring (bicyclic) bond motifs is 2. The van der Waals surface area contributed by atoms with Gasteiger partial charge in [-0.2, -0.15) is 5.10 Å². The van der Waals surface area contributed by atoms with Crippen LogP contribution in [0.4, 0.5) is 0 Å². The molecule has 1 aliphatic rings. The Bertz CT molecular complexity index is 973. The topological polar surface area (TPSA) is 51.3 Å². The van der Waals surface area contributed by atoms with E-state index in [2.05, 4.69) is 21.0 Å². The molecule has 0 spiro atoms. The molecule has 1 amide bonds. The predicted octanol–water partition coefficient (Wildman–Crippen LogP) is 4.39. The summed E-state index contributed by atoms with van der Waals surface area (Å²) in [5.41, 5.74) is 4.16. The first-order valence-corrected chi connectivity index (χ1v) is 9.22. The van der Waals surface area contributed by atoms with Gasteiger partial charge in [0.25, 0.3) is 5.91 Å². The molecule has 1 aliphatic carbocycles. The second-order valence-corrected chi connectivity index (χ2v) is 7.66. The van der Waals surface area contributed by atoms with Gasteiger partial charge in [-0.1, -0.05) is 15.9 Å². The van der Waals surface area contributed by atoms with Gasteiger partial charge in [-0.05, 0) is 49.9 Å². The van der Waals surface area contributed by atoms with E-state index < -0.39 is 0 Å². The number of carbonyl (C=O) groups excluding carboxylic acids is 1. The Morgan fingerprint density at radius 1 is 1.40 bits per heavy atom. The molecular formula is C19H20BrN3O2. The molecule has 3 aromatic rings. The van der Waals surface area contributed by atoms with E-state index in [1.807, 2.05) is 50.1 Å². The number of amides is 1. The van der Waals surface area contributed by atoms with Crippen molar-refractivity contribution >= 4 is 32.8 Å². The zero-order valence-electron chi connectivity index (χ0n) is 14.5. The number of halogens is 1. The van der Waals surface area contributed by atoms with Crippen LogP contribution in [-0.4, -0.2) is 27.6 Å². The van der Waals surface area contributed by atoms with Crippen LogP contribution in [0.15, 0.2) is 33.3 Å². The van der Waals surface area contributed by atoms with Crippen molar-refractivity contribution in [1.29, 1.82) is 0 Å². The lowest BCUT2D eigenvalue weighted by Crippen LogP contribution is -2.33. The summed E-state index contributed by atoms with van der Waals surface area (Å²) in [4.78, 5) is 14.8. The Labute approximate surface area is 154 Å². The highest BCUT2D eigenvalue weighted by Crippen LogP contribution is 2.35. The summed E-state index contributed by atoms with van der Waals surface area (Å²) in [6.45, 7) is 1.98. The van der Waals surface area contributed by atoms with Crippen LogP contribution in [0.3, 0.4) is 0 Å². The maximum Gasteiger partial charge on any atom is 0.289 e. The molecule has 0 N–H and O–H groups in total. The summed E-state index contributed by atoms with van der Waals surface area (Å²) in [6.07, 6.45) is 4.91. The molecule has 1 atom stereocenters. The molecule has 1 aromatic carbocycles. The fraction of sp³-hybridized carbons (Fsp3) is 0.368. The average Bonchev–Trinajstić information content (AvgIpc) is 3.18. The van der Waals surface area contributed by atoms with Crippen molar-refractivity contribution in [1.82, 2.24) is 14.7 Å². The van der Waals surface area contributed by atoms with Gasteiger partial charge in [-0.15, -0.1) is 0 Å². The number of furan rings is 1. The van der Waals surface area contributed by atoms with Crippen molar-refractivity contribution in [2.24, 2.45) is 7.05 Å². The molecule has 0 saturated carbocycles. The first-order chi connectivity index (χ1) is 12.0. The largest absolute Gasteiger partial charge is 0.451 e. The summed E-state index contributed by atoms with van der Waals surface area (Å²) in [5, 5.41) is 5.31. The highest BCUT2D eigenvalue weighted by Gasteiger charge is 2.30. The van der Waals surface area contributed by atoms with E-state index in [9.17, 15) is 4.79 Å². The Balaban J connectivity index is 1.68. The second kappa shape index (κ2) is 6.02. The van der Waals surface area contributed by atoms with Crippen LogP contribution in [0, 0.1) is 6.92 Å². The van der Waals surface area contributed by atoms with Crippen LogP contribution in [0.5, 0.6) is 0 Å². The third-order valence-electron chi connectivity index (χ3n) is 5.11.